The van der Waals surface area contributed by atoms with Crippen LogP contribution in [-0.2, 0) is 13.0 Å². The number of nitrogens with one attached hydrogen (secondary N) is 2. The molecule has 26 heavy (non-hydrogen) atoms. The maximum Gasteiger partial charge on any atom is 0.261 e. The molecule has 0 radical (unpaired) electrons. The number of hydrogen-bond donors (Lipinski definition) is 2. The maximum absolute atomic E-state index is 12.6. The number of carbonyl (C=O) groups is 2. The van der Waals surface area contributed by atoms with E-state index in [9.17, 15) is 14.4 Å². The van der Waals surface area contributed by atoms with E-state index in [0.29, 0.717) is 29.9 Å². The number of aromatic amines is 1. The number of rotatable bonds is 4. The van der Waals surface area contributed by atoms with Crippen LogP contribution in [0, 0.1) is 0 Å². The summed E-state index contributed by atoms with van der Waals surface area (Å²) in [6, 6.07) is 8.82. The lowest BCUT2D eigenvalue weighted by molar-refractivity contribution is 0.0946. The first-order chi connectivity index (χ1) is 12.6. The van der Waals surface area contributed by atoms with Crippen LogP contribution >= 0.6 is 11.3 Å². The highest BCUT2D eigenvalue weighted by atomic mass is 32.1. The largest absolute Gasteiger partial charge is 0.467 e. The van der Waals surface area contributed by atoms with E-state index in [1.54, 1.807) is 23.5 Å². The number of aromatic nitrogens is 1. The van der Waals surface area contributed by atoms with Gasteiger partial charge in [0.1, 0.15) is 11.3 Å². The van der Waals surface area contributed by atoms with Gasteiger partial charge in [-0.25, -0.2) is 0 Å². The second kappa shape index (κ2) is 6.76. The van der Waals surface area contributed by atoms with Gasteiger partial charge in [0.25, 0.3) is 11.5 Å². The van der Waals surface area contributed by atoms with Crippen LogP contribution in [-0.4, -0.2) is 16.7 Å². The molecule has 1 aliphatic carbocycles. The van der Waals surface area contributed by atoms with Gasteiger partial charge in [0.2, 0.25) is 0 Å². The summed E-state index contributed by atoms with van der Waals surface area (Å²) in [5.41, 5.74) is 0.492. The Bertz CT molecular complexity index is 1000. The Morgan fingerprint density at radius 2 is 2.15 bits per heavy atom. The Morgan fingerprint density at radius 3 is 2.88 bits per heavy atom. The standard InChI is InChI=1S/C19H16N2O4S/c22-16-8-11(17-4-2-6-26-17)7-15-13(16)9-14(19(24)21-15)18(23)20-10-12-3-1-5-25-12/h1-6,9,11H,7-8,10H2,(H,20,23)(H,21,24). The third-order valence-corrected chi connectivity index (χ3v) is 5.53. The SMILES string of the molecule is O=C1CC(c2cccs2)Cc2[nH]c(=O)c(C(=O)NCc3ccco3)cc21. The molecule has 0 aromatic carbocycles. The van der Waals surface area contributed by atoms with Crippen LogP contribution in [0.3, 0.4) is 0 Å². The maximum atomic E-state index is 12.6. The molecule has 0 spiro atoms. The molecule has 1 atom stereocenters. The van der Waals surface area contributed by atoms with Crippen LogP contribution in [0.1, 0.15) is 49.4 Å². The van der Waals surface area contributed by atoms with Gasteiger partial charge in [-0.05, 0) is 36.1 Å². The van der Waals surface area contributed by atoms with Crippen LogP contribution < -0.4 is 10.9 Å². The van der Waals surface area contributed by atoms with Crippen molar-refractivity contribution in [1.82, 2.24) is 10.3 Å². The zero-order valence-electron chi connectivity index (χ0n) is 13.8. The van der Waals surface area contributed by atoms with Crippen molar-refractivity contribution in [2.45, 2.75) is 25.3 Å². The summed E-state index contributed by atoms with van der Waals surface area (Å²) >= 11 is 1.61. The van der Waals surface area contributed by atoms with Gasteiger partial charge < -0.3 is 14.7 Å². The summed E-state index contributed by atoms with van der Waals surface area (Å²) in [5.74, 6) is 0.0755. The van der Waals surface area contributed by atoms with Crippen LogP contribution in [0.4, 0.5) is 0 Å². The summed E-state index contributed by atoms with van der Waals surface area (Å²) in [6.07, 6.45) is 2.48. The Labute approximate surface area is 152 Å². The zero-order chi connectivity index (χ0) is 18.1. The molecule has 0 saturated heterocycles. The van der Waals surface area contributed by atoms with Gasteiger partial charge in [-0.15, -0.1) is 11.3 Å². The highest BCUT2D eigenvalue weighted by Crippen LogP contribution is 2.33. The number of thiophene rings is 1. The normalized spacial score (nSPS) is 16.3. The van der Waals surface area contributed by atoms with Gasteiger partial charge in [0, 0.05) is 28.5 Å². The molecule has 132 valence electrons. The van der Waals surface area contributed by atoms with Crippen LogP contribution in [0.25, 0.3) is 0 Å². The van der Waals surface area contributed by atoms with Crippen molar-refractivity contribution in [3.05, 3.63) is 79.8 Å². The lowest BCUT2D eigenvalue weighted by Gasteiger charge is -2.22. The molecule has 3 aromatic rings. The molecule has 3 aromatic heterocycles. The predicted octanol–water partition coefficient (Wildman–Crippen LogP) is 2.87. The van der Waals surface area contributed by atoms with Gasteiger partial charge in [0.15, 0.2) is 5.78 Å². The van der Waals surface area contributed by atoms with Crippen molar-refractivity contribution in [2.75, 3.05) is 0 Å². The molecule has 7 heteroatoms. The van der Waals surface area contributed by atoms with E-state index in [4.69, 9.17) is 4.42 Å². The van der Waals surface area contributed by atoms with Gasteiger partial charge in [-0.3, -0.25) is 14.4 Å². The average Bonchev–Trinajstić information content (AvgIpc) is 3.32. The van der Waals surface area contributed by atoms with E-state index in [0.717, 1.165) is 4.88 Å². The number of Topliss-reactive ketones (excluding diaryl/α,β-unsaturated/α-hetero) is 1. The number of pyridine rings is 1. The average molecular weight is 368 g/mol. The third kappa shape index (κ3) is 3.13. The number of fused-ring (bicyclic) bond motifs is 1. The quantitative estimate of drug-likeness (QED) is 0.741. The molecule has 1 amide bonds. The summed E-state index contributed by atoms with van der Waals surface area (Å²) in [7, 11) is 0. The Kier molecular flexibility index (Phi) is 4.30. The van der Waals surface area contributed by atoms with E-state index in [-0.39, 0.29) is 23.8 Å². The fourth-order valence-corrected chi connectivity index (χ4v) is 4.03. The van der Waals surface area contributed by atoms with Gasteiger partial charge in [0.05, 0.1) is 12.8 Å². The van der Waals surface area contributed by atoms with E-state index in [1.165, 1.54) is 12.3 Å². The van der Waals surface area contributed by atoms with Crippen molar-refractivity contribution in [3.63, 3.8) is 0 Å². The molecular weight excluding hydrogens is 352 g/mol. The number of ketones is 1. The van der Waals surface area contributed by atoms with Gasteiger partial charge in [-0.2, -0.15) is 0 Å². The number of amides is 1. The fourth-order valence-electron chi connectivity index (χ4n) is 3.20. The van der Waals surface area contributed by atoms with E-state index >= 15 is 0 Å². The van der Waals surface area contributed by atoms with Crippen LogP contribution in [0.5, 0.6) is 0 Å². The molecule has 1 unspecified atom stereocenters. The smallest absolute Gasteiger partial charge is 0.261 e. The van der Waals surface area contributed by atoms with Crippen molar-refractivity contribution in [3.8, 4) is 0 Å². The van der Waals surface area contributed by atoms with Crippen molar-refractivity contribution < 1.29 is 14.0 Å². The molecular formula is C19H16N2O4S. The number of furan rings is 1. The number of H-pyrrole nitrogens is 1. The summed E-state index contributed by atoms with van der Waals surface area (Å²) in [6.45, 7) is 0.177. The first kappa shape index (κ1) is 16.5. The molecule has 0 saturated carbocycles. The van der Waals surface area contributed by atoms with E-state index in [1.807, 2.05) is 17.5 Å². The Balaban J connectivity index is 1.58. The minimum Gasteiger partial charge on any atom is -0.467 e. The van der Waals surface area contributed by atoms with Crippen LogP contribution in [0.2, 0.25) is 0 Å². The van der Waals surface area contributed by atoms with Gasteiger partial charge in [-0.1, -0.05) is 6.07 Å². The second-order valence-corrected chi connectivity index (χ2v) is 7.19. The second-order valence-electron chi connectivity index (χ2n) is 6.21. The number of carbonyl (C=O) groups excluding carboxylic acids is 2. The monoisotopic (exact) mass is 368 g/mol. The highest BCUT2D eigenvalue weighted by Gasteiger charge is 2.29. The molecule has 0 bridgehead atoms. The molecule has 2 N–H and O–H groups in total. The minimum absolute atomic E-state index is 0.0546. The topological polar surface area (TPSA) is 92.2 Å². The summed E-state index contributed by atoms with van der Waals surface area (Å²) in [4.78, 5) is 41.1. The molecule has 0 aliphatic heterocycles. The predicted molar refractivity (Wildman–Crippen MR) is 96.7 cm³/mol. The summed E-state index contributed by atoms with van der Waals surface area (Å²) in [5, 5.41) is 4.61. The lowest BCUT2D eigenvalue weighted by atomic mass is 9.84. The first-order valence-corrected chi connectivity index (χ1v) is 9.13. The molecule has 3 heterocycles. The van der Waals surface area contributed by atoms with Crippen molar-refractivity contribution in [2.24, 2.45) is 0 Å². The molecule has 0 fully saturated rings. The van der Waals surface area contributed by atoms with Gasteiger partial charge >= 0.3 is 0 Å². The van der Waals surface area contributed by atoms with Crippen LogP contribution in [0.15, 0.2) is 51.2 Å². The lowest BCUT2D eigenvalue weighted by Crippen LogP contribution is -2.32. The Morgan fingerprint density at radius 1 is 1.27 bits per heavy atom. The van der Waals surface area contributed by atoms with E-state index < -0.39 is 11.5 Å². The summed E-state index contributed by atoms with van der Waals surface area (Å²) < 4.78 is 5.15. The zero-order valence-corrected chi connectivity index (χ0v) is 14.6. The van der Waals surface area contributed by atoms with E-state index in [2.05, 4.69) is 10.3 Å². The van der Waals surface area contributed by atoms with Crippen molar-refractivity contribution >= 4 is 23.0 Å². The molecule has 1 aliphatic rings. The number of hydrogen-bond acceptors (Lipinski definition) is 5. The minimum atomic E-state index is -0.529. The molecule has 4 rings (SSSR count). The Hall–Kier alpha value is -2.93. The molecule has 6 nitrogen and oxygen atoms in total. The highest BCUT2D eigenvalue weighted by molar-refractivity contribution is 7.10. The van der Waals surface area contributed by atoms with Crippen molar-refractivity contribution in [1.29, 1.82) is 0 Å². The third-order valence-electron chi connectivity index (χ3n) is 4.50. The first-order valence-electron chi connectivity index (χ1n) is 8.25. The fraction of sp³-hybridized carbons (Fsp3) is 0.211.